The fourth-order valence-corrected chi connectivity index (χ4v) is 5.62. The molecule has 2 aliphatic carbocycles. The highest BCUT2D eigenvalue weighted by Gasteiger charge is 2.35. The van der Waals surface area contributed by atoms with Crippen LogP contribution in [0.2, 0.25) is 0 Å². The molecule has 30 heavy (non-hydrogen) atoms. The Morgan fingerprint density at radius 3 is 2.13 bits per heavy atom. The van der Waals surface area contributed by atoms with Gasteiger partial charge in [-0.25, -0.2) is 0 Å². The second kappa shape index (κ2) is 8.60. The highest BCUT2D eigenvalue weighted by atomic mass is 16.5. The molecule has 2 amide bonds. The number of hydrogen-bond donors (Lipinski definition) is 0. The Morgan fingerprint density at radius 1 is 0.767 bits per heavy atom. The normalized spacial score (nSPS) is 27.5. The standard InChI is InChI=1S/C25H34N2O3/c28-24(19-5-6-19)26-15-12-23(13-16-26)30-22-9-7-20(8-10-22)25(29)27-14-11-18-3-1-2-4-21(18)17-27/h7-10,18-19,21,23H,1-6,11-17H2/t18-,21-/m0/s1. The Hall–Kier alpha value is -2.04. The molecular weight excluding hydrogens is 376 g/mol. The lowest BCUT2D eigenvalue weighted by molar-refractivity contribution is -0.134. The number of benzene rings is 1. The SMILES string of the molecule is O=C(c1ccc(OC2CCN(C(=O)C3CC3)CC2)cc1)N1CC[C@@H]2CCCC[C@H]2C1. The molecule has 5 rings (SSSR count). The highest BCUT2D eigenvalue weighted by Crippen LogP contribution is 2.36. The van der Waals surface area contributed by atoms with Gasteiger partial charge in [0, 0.05) is 50.5 Å². The van der Waals surface area contributed by atoms with Gasteiger partial charge in [-0.05, 0) is 61.8 Å². The van der Waals surface area contributed by atoms with Crippen molar-refractivity contribution in [2.75, 3.05) is 26.2 Å². The summed E-state index contributed by atoms with van der Waals surface area (Å²) in [6, 6.07) is 7.69. The third kappa shape index (κ3) is 4.35. The van der Waals surface area contributed by atoms with Gasteiger partial charge in [-0.2, -0.15) is 0 Å². The molecule has 0 N–H and O–H groups in total. The maximum absolute atomic E-state index is 13.0. The van der Waals surface area contributed by atoms with E-state index in [1.54, 1.807) is 0 Å². The second-order valence-corrected chi connectivity index (χ2v) is 9.79. The number of fused-ring (bicyclic) bond motifs is 1. The van der Waals surface area contributed by atoms with Gasteiger partial charge in [0.15, 0.2) is 0 Å². The zero-order chi connectivity index (χ0) is 20.5. The molecule has 1 aromatic rings. The summed E-state index contributed by atoms with van der Waals surface area (Å²) in [4.78, 5) is 29.2. The van der Waals surface area contributed by atoms with Gasteiger partial charge in [0.2, 0.25) is 5.91 Å². The van der Waals surface area contributed by atoms with Gasteiger partial charge in [-0.1, -0.05) is 19.3 Å². The topological polar surface area (TPSA) is 49.9 Å². The van der Waals surface area contributed by atoms with E-state index in [9.17, 15) is 9.59 Å². The predicted octanol–water partition coefficient (Wildman–Crippen LogP) is 4.12. The number of piperidine rings is 2. The summed E-state index contributed by atoms with van der Waals surface area (Å²) < 4.78 is 6.15. The summed E-state index contributed by atoms with van der Waals surface area (Å²) in [5.41, 5.74) is 0.765. The van der Waals surface area contributed by atoms with E-state index in [0.717, 1.165) is 69.1 Å². The van der Waals surface area contributed by atoms with E-state index in [1.807, 2.05) is 29.2 Å². The van der Waals surface area contributed by atoms with Crippen molar-refractivity contribution < 1.29 is 14.3 Å². The van der Waals surface area contributed by atoms with E-state index >= 15 is 0 Å². The molecule has 2 aliphatic heterocycles. The molecule has 0 bridgehead atoms. The maximum atomic E-state index is 13.0. The van der Waals surface area contributed by atoms with Crippen LogP contribution in [0.1, 0.15) is 68.1 Å². The van der Waals surface area contributed by atoms with Crippen LogP contribution in [0.3, 0.4) is 0 Å². The molecule has 4 aliphatic rings. The van der Waals surface area contributed by atoms with E-state index in [0.29, 0.717) is 17.7 Å². The maximum Gasteiger partial charge on any atom is 0.253 e. The van der Waals surface area contributed by atoms with Crippen LogP contribution in [0.25, 0.3) is 0 Å². The number of rotatable bonds is 4. The van der Waals surface area contributed by atoms with Gasteiger partial charge in [0.25, 0.3) is 5.91 Å². The summed E-state index contributed by atoms with van der Waals surface area (Å²) >= 11 is 0. The Bertz CT molecular complexity index is 765. The van der Waals surface area contributed by atoms with Crippen molar-refractivity contribution in [2.45, 2.75) is 63.9 Å². The van der Waals surface area contributed by atoms with E-state index in [-0.39, 0.29) is 12.0 Å². The lowest BCUT2D eigenvalue weighted by Gasteiger charge is -2.41. The van der Waals surface area contributed by atoms with Crippen molar-refractivity contribution in [1.29, 1.82) is 0 Å². The van der Waals surface area contributed by atoms with E-state index in [2.05, 4.69) is 4.90 Å². The predicted molar refractivity (Wildman–Crippen MR) is 115 cm³/mol. The number of carbonyl (C=O) groups excluding carboxylic acids is 2. The van der Waals surface area contributed by atoms with Crippen molar-refractivity contribution in [3.8, 4) is 5.75 Å². The van der Waals surface area contributed by atoms with Gasteiger partial charge < -0.3 is 14.5 Å². The minimum atomic E-state index is 0.153. The van der Waals surface area contributed by atoms with E-state index in [4.69, 9.17) is 4.74 Å². The van der Waals surface area contributed by atoms with Crippen molar-refractivity contribution in [3.05, 3.63) is 29.8 Å². The molecular formula is C25H34N2O3. The Labute approximate surface area is 179 Å². The zero-order valence-corrected chi connectivity index (χ0v) is 17.9. The third-order valence-corrected chi connectivity index (χ3v) is 7.66. The first-order valence-corrected chi connectivity index (χ1v) is 12.0. The van der Waals surface area contributed by atoms with Crippen LogP contribution in [0, 0.1) is 17.8 Å². The molecule has 2 saturated carbocycles. The summed E-state index contributed by atoms with van der Waals surface area (Å²) in [6.45, 7) is 3.43. The zero-order valence-electron chi connectivity index (χ0n) is 17.9. The molecule has 0 aromatic heterocycles. The van der Waals surface area contributed by atoms with Crippen LogP contribution >= 0.6 is 0 Å². The fourth-order valence-electron chi connectivity index (χ4n) is 5.62. The number of carbonyl (C=O) groups is 2. The quantitative estimate of drug-likeness (QED) is 0.750. The van der Waals surface area contributed by atoms with Crippen molar-refractivity contribution in [3.63, 3.8) is 0 Å². The summed E-state index contributed by atoms with van der Waals surface area (Å²) in [5, 5.41) is 0. The molecule has 4 fully saturated rings. The van der Waals surface area contributed by atoms with Gasteiger partial charge in [0.05, 0.1) is 0 Å². The average Bonchev–Trinajstić information content (AvgIpc) is 3.64. The Balaban J connectivity index is 1.12. The highest BCUT2D eigenvalue weighted by molar-refractivity contribution is 5.94. The van der Waals surface area contributed by atoms with Crippen LogP contribution in [0.4, 0.5) is 0 Å². The van der Waals surface area contributed by atoms with Crippen LogP contribution in [-0.4, -0.2) is 53.9 Å². The molecule has 162 valence electrons. The van der Waals surface area contributed by atoms with Crippen molar-refractivity contribution in [1.82, 2.24) is 9.80 Å². The number of amides is 2. The number of nitrogens with zero attached hydrogens (tertiary/aromatic N) is 2. The number of likely N-dealkylation sites (tertiary alicyclic amines) is 2. The van der Waals surface area contributed by atoms with Crippen LogP contribution < -0.4 is 4.74 Å². The molecule has 2 saturated heterocycles. The van der Waals surface area contributed by atoms with E-state index < -0.39 is 0 Å². The lowest BCUT2D eigenvalue weighted by atomic mass is 9.75. The number of ether oxygens (including phenoxy) is 1. The second-order valence-electron chi connectivity index (χ2n) is 9.79. The first kappa shape index (κ1) is 19.9. The van der Waals surface area contributed by atoms with Crippen molar-refractivity contribution >= 4 is 11.8 Å². The van der Waals surface area contributed by atoms with Crippen LogP contribution in [0.15, 0.2) is 24.3 Å². The molecule has 5 nitrogen and oxygen atoms in total. The van der Waals surface area contributed by atoms with Gasteiger partial charge in [-0.3, -0.25) is 9.59 Å². The summed E-state index contributed by atoms with van der Waals surface area (Å²) in [7, 11) is 0. The lowest BCUT2D eigenvalue weighted by Crippen LogP contribution is -2.44. The van der Waals surface area contributed by atoms with E-state index in [1.165, 1.54) is 32.1 Å². The molecule has 1 aromatic carbocycles. The van der Waals surface area contributed by atoms with Crippen molar-refractivity contribution in [2.24, 2.45) is 17.8 Å². The van der Waals surface area contributed by atoms with Gasteiger partial charge >= 0.3 is 0 Å². The average molecular weight is 411 g/mol. The fraction of sp³-hybridized carbons (Fsp3) is 0.680. The molecule has 2 heterocycles. The minimum Gasteiger partial charge on any atom is -0.490 e. The monoisotopic (exact) mass is 410 g/mol. The first-order valence-electron chi connectivity index (χ1n) is 12.0. The van der Waals surface area contributed by atoms with Crippen LogP contribution in [0.5, 0.6) is 5.75 Å². The first-order chi connectivity index (χ1) is 14.7. The van der Waals surface area contributed by atoms with Gasteiger partial charge in [0.1, 0.15) is 11.9 Å². The third-order valence-electron chi connectivity index (χ3n) is 7.66. The Morgan fingerprint density at radius 2 is 1.43 bits per heavy atom. The van der Waals surface area contributed by atoms with Gasteiger partial charge in [-0.15, -0.1) is 0 Å². The number of hydrogen-bond acceptors (Lipinski definition) is 3. The van der Waals surface area contributed by atoms with Crippen LogP contribution in [-0.2, 0) is 4.79 Å². The molecule has 5 heteroatoms. The molecule has 0 spiro atoms. The largest absolute Gasteiger partial charge is 0.490 e. The summed E-state index contributed by atoms with van der Waals surface area (Å²) in [5.74, 6) is 3.17. The molecule has 0 radical (unpaired) electrons. The Kier molecular flexibility index (Phi) is 5.70. The summed E-state index contributed by atoms with van der Waals surface area (Å²) in [6.07, 6.45) is 10.6. The molecule has 2 atom stereocenters. The smallest absolute Gasteiger partial charge is 0.253 e. The molecule has 0 unspecified atom stereocenters. The minimum absolute atomic E-state index is 0.153.